The van der Waals surface area contributed by atoms with Gasteiger partial charge in [0.15, 0.2) is 0 Å². The zero-order chi connectivity index (χ0) is 12.3. The van der Waals surface area contributed by atoms with E-state index in [2.05, 4.69) is 20.2 Å². The number of aryl methyl sites for hydroxylation is 1. The third-order valence-corrected chi connectivity index (χ3v) is 3.55. The summed E-state index contributed by atoms with van der Waals surface area (Å²) in [6.07, 6.45) is 4.31. The number of rotatable bonds is 3. The van der Waals surface area contributed by atoms with Crippen molar-refractivity contribution in [2.75, 3.05) is 31.6 Å². The number of piperidine rings is 1. The summed E-state index contributed by atoms with van der Waals surface area (Å²) >= 11 is 6.01. The van der Waals surface area contributed by atoms with Crippen molar-refractivity contribution in [3.8, 4) is 0 Å². The van der Waals surface area contributed by atoms with E-state index in [-0.39, 0.29) is 12.4 Å². The maximum atomic E-state index is 6.01. The van der Waals surface area contributed by atoms with Crippen molar-refractivity contribution in [2.24, 2.45) is 5.92 Å². The lowest BCUT2D eigenvalue weighted by molar-refractivity contribution is 0.380. The minimum atomic E-state index is 0. The second kappa shape index (κ2) is 7.12. The average Bonchev–Trinajstić information content (AvgIpc) is 2.34. The normalized spacial score (nSPS) is 19.2. The van der Waals surface area contributed by atoms with E-state index in [1.807, 2.05) is 14.0 Å². The maximum Gasteiger partial charge on any atom is 0.226 e. The monoisotopic (exact) mass is 290 g/mol. The highest BCUT2D eigenvalue weighted by molar-refractivity contribution is 6.30. The Kier molecular flexibility index (Phi) is 6.12. The van der Waals surface area contributed by atoms with Crippen LogP contribution in [-0.4, -0.2) is 36.6 Å². The van der Waals surface area contributed by atoms with Crippen LogP contribution in [0.5, 0.6) is 0 Å². The summed E-state index contributed by atoms with van der Waals surface area (Å²) in [5, 5.41) is 3.96. The number of hydrogen-bond donors (Lipinski definition) is 1. The molecule has 2 heterocycles. The van der Waals surface area contributed by atoms with Crippen molar-refractivity contribution >= 4 is 30.0 Å². The van der Waals surface area contributed by atoms with Crippen LogP contribution in [0.2, 0.25) is 5.15 Å². The molecule has 1 unspecified atom stereocenters. The Labute approximate surface area is 120 Å². The molecule has 0 saturated carbocycles. The van der Waals surface area contributed by atoms with Gasteiger partial charge in [-0.05, 0) is 38.8 Å². The molecule has 1 atom stereocenters. The first-order chi connectivity index (χ1) is 8.16. The average molecular weight is 291 g/mol. The Bertz CT molecular complexity index is 380. The van der Waals surface area contributed by atoms with Gasteiger partial charge in [-0.1, -0.05) is 11.6 Å². The Morgan fingerprint density at radius 3 is 2.94 bits per heavy atom. The number of nitrogens with one attached hydrogen (secondary N) is 1. The van der Waals surface area contributed by atoms with Crippen LogP contribution in [0.15, 0.2) is 6.20 Å². The lowest BCUT2D eigenvalue weighted by Gasteiger charge is -2.27. The highest BCUT2D eigenvalue weighted by Gasteiger charge is 2.16. The fraction of sp³-hybridized carbons (Fsp3) is 0.667. The molecule has 1 aliphatic rings. The quantitative estimate of drug-likeness (QED) is 0.868. The molecule has 0 amide bonds. The molecule has 1 fully saturated rings. The molecule has 0 radical (unpaired) electrons. The Morgan fingerprint density at radius 2 is 2.33 bits per heavy atom. The highest BCUT2D eigenvalue weighted by atomic mass is 35.5. The van der Waals surface area contributed by atoms with Gasteiger partial charge in [-0.15, -0.1) is 12.4 Å². The van der Waals surface area contributed by atoms with Gasteiger partial charge in [0.1, 0.15) is 5.15 Å². The molecule has 1 aliphatic heterocycles. The molecule has 0 spiro atoms. The predicted molar refractivity (Wildman–Crippen MR) is 77.9 cm³/mol. The van der Waals surface area contributed by atoms with E-state index < -0.39 is 0 Å². The van der Waals surface area contributed by atoms with Crippen molar-refractivity contribution in [3.63, 3.8) is 0 Å². The van der Waals surface area contributed by atoms with Crippen molar-refractivity contribution in [1.29, 1.82) is 0 Å². The van der Waals surface area contributed by atoms with E-state index in [9.17, 15) is 0 Å². The molecule has 18 heavy (non-hydrogen) atoms. The van der Waals surface area contributed by atoms with Gasteiger partial charge in [0.2, 0.25) is 5.95 Å². The molecule has 2 rings (SSSR count). The van der Waals surface area contributed by atoms with E-state index in [4.69, 9.17) is 11.6 Å². The third kappa shape index (κ3) is 3.97. The van der Waals surface area contributed by atoms with Crippen molar-refractivity contribution < 1.29 is 0 Å². The molecular weight excluding hydrogens is 271 g/mol. The Balaban J connectivity index is 0.00000162. The smallest absolute Gasteiger partial charge is 0.226 e. The molecule has 1 saturated heterocycles. The van der Waals surface area contributed by atoms with Crippen molar-refractivity contribution in [2.45, 2.75) is 19.8 Å². The summed E-state index contributed by atoms with van der Waals surface area (Å²) < 4.78 is 0. The van der Waals surface area contributed by atoms with Crippen LogP contribution in [-0.2, 0) is 0 Å². The summed E-state index contributed by atoms with van der Waals surface area (Å²) in [6.45, 7) is 5.13. The number of aromatic nitrogens is 2. The molecule has 102 valence electrons. The summed E-state index contributed by atoms with van der Waals surface area (Å²) in [6, 6.07) is 0. The molecular formula is C12H20Cl2N4. The number of hydrogen-bond acceptors (Lipinski definition) is 4. The fourth-order valence-corrected chi connectivity index (χ4v) is 2.27. The highest BCUT2D eigenvalue weighted by Crippen LogP contribution is 2.17. The summed E-state index contributed by atoms with van der Waals surface area (Å²) in [7, 11) is 2.02. The van der Waals surface area contributed by atoms with E-state index in [1.165, 1.54) is 12.8 Å². The fourth-order valence-electron chi connectivity index (χ4n) is 2.15. The van der Waals surface area contributed by atoms with Crippen molar-refractivity contribution in [3.05, 3.63) is 16.9 Å². The molecule has 1 aromatic rings. The standard InChI is InChI=1S/C12H19ClN4.ClH/c1-9-6-15-12(16-11(9)13)17(2)8-10-4-3-5-14-7-10;/h6,10,14H,3-5,7-8H2,1-2H3;1H. The van der Waals surface area contributed by atoms with Gasteiger partial charge in [0.05, 0.1) is 0 Å². The maximum absolute atomic E-state index is 6.01. The van der Waals surface area contributed by atoms with Crippen LogP contribution in [0.3, 0.4) is 0 Å². The first-order valence-electron chi connectivity index (χ1n) is 6.08. The molecule has 1 aromatic heterocycles. The van der Waals surface area contributed by atoms with Gasteiger partial charge in [-0.25, -0.2) is 9.97 Å². The van der Waals surface area contributed by atoms with Crippen LogP contribution in [0.25, 0.3) is 0 Å². The SMILES string of the molecule is Cc1cnc(N(C)CC2CCCNC2)nc1Cl.Cl. The van der Waals surface area contributed by atoms with Gasteiger partial charge in [-0.2, -0.15) is 0 Å². The van der Waals surface area contributed by atoms with E-state index >= 15 is 0 Å². The second-order valence-electron chi connectivity index (χ2n) is 4.74. The lowest BCUT2D eigenvalue weighted by atomic mass is 9.99. The summed E-state index contributed by atoms with van der Waals surface area (Å²) in [5.41, 5.74) is 0.920. The van der Waals surface area contributed by atoms with Gasteiger partial charge in [0, 0.05) is 25.4 Å². The minimum Gasteiger partial charge on any atom is -0.344 e. The van der Waals surface area contributed by atoms with Gasteiger partial charge in [-0.3, -0.25) is 0 Å². The molecule has 0 aromatic carbocycles. The van der Waals surface area contributed by atoms with Gasteiger partial charge >= 0.3 is 0 Å². The number of anilines is 1. The van der Waals surface area contributed by atoms with E-state index in [0.29, 0.717) is 17.0 Å². The van der Waals surface area contributed by atoms with Gasteiger partial charge < -0.3 is 10.2 Å². The molecule has 4 nitrogen and oxygen atoms in total. The van der Waals surface area contributed by atoms with Crippen LogP contribution in [0.1, 0.15) is 18.4 Å². The van der Waals surface area contributed by atoms with Crippen LogP contribution >= 0.6 is 24.0 Å². The van der Waals surface area contributed by atoms with Crippen LogP contribution < -0.4 is 10.2 Å². The van der Waals surface area contributed by atoms with E-state index in [0.717, 1.165) is 25.2 Å². The topological polar surface area (TPSA) is 41.1 Å². The molecule has 1 N–H and O–H groups in total. The zero-order valence-corrected chi connectivity index (χ0v) is 12.4. The molecule has 6 heteroatoms. The largest absolute Gasteiger partial charge is 0.344 e. The lowest BCUT2D eigenvalue weighted by Crippen LogP contribution is -2.37. The number of halogens is 2. The summed E-state index contributed by atoms with van der Waals surface area (Å²) in [5.74, 6) is 1.39. The Hall–Kier alpha value is -0.580. The van der Waals surface area contributed by atoms with Crippen LogP contribution in [0.4, 0.5) is 5.95 Å². The molecule has 0 bridgehead atoms. The number of nitrogens with zero attached hydrogens (tertiary/aromatic N) is 3. The third-order valence-electron chi connectivity index (χ3n) is 3.17. The first kappa shape index (κ1) is 15.5. The molecule has 0 aliphatic carbocycles. The minimum absolute atomic E-state index is 0. The van der Waals surface area contributed by atoms with E-state index in [1.54, 1.807) is 6.20 Å². The predicted octanol–water partition coefficient (Wildman–Crippen LogP) is 2.30. The zero-order valence-electron chi connectivity index (χ0n) is 10.8. The first-order valence-corrected chi connectivity index (χ1v) is 6.45. The van der Waals surface area contributed by atoms with Gasteiger partial charge in [0.25, 0.3) is 0 Å². The summed E-state index contributed by atoms with van der Waals surface area (Å²) in [4.78, 5) is 10.7. The Morgan fingerprint density at radius 1 is 1.56 bits per heavy atom. The second-order valence-corrected chi connectivity index (χ2v) is 5.09. The van der Waals surface area contributed by atoms with Crippen molar-refractivity contribution in [1.82, 2.24) is 15.3 Å². The van der Waals surface area contributed by atoms with Crippen LogP contribution in [0, 0.1) is 12.8 Å².